The van der Waals surface area contributed by atoms with Gasteiger partial charge in [-0.05, 0) is 48.5 Å². The molecule has 3 aromatic rings. The molecule has 0 aliphatic rings. The van der Waals surface area contributed by atoms with Crippen molar-refractivity contribution < 1.29 is 17.9 Å². The topological polar surface area (TPSA) is 73.1 Å². The maximum absolute atomic E-state index is 12.6. The van der Waals surface area contributed by atoms with Crippen molar-refractivity contribution in [2.45, 2.75) is 6.18 Å². The number of benzene rings is 2. The van der Waals surface area contributed by atoms with Gasteiger partial charge in [0.1, 0.15) is 5.75 Å². The Kier molecular flexibility index (Phi) is 4.66. The zero-order valence-corrected chi connectivity index (χ0v) is 13.7. The summed E-state index contributed by atoms with van der Waals surface area (Å²) >= 11 is 0. The predicted octanol–water partition coefficient (Wildman–Crippen LogP) is 4.50. The van der Waals surface area contributed by atoms with E-state index in [4.69, 9.17) is 10.5 Å². The number of anilines is 3. The zero-order valence-electron chi connectivity index (χ0n) is 13.7. The predicted molar refractivity (Wildman–Crippen MR) is 93.2 cm³/mol. The van der Waals surface area contributed by atoms with Gasteiger partial charge in [0.2, 0.25) is 5.95 Å². The van der Waals surface area contributed by atoms with E-state index in [1.165, 1.54) is 18.3 Å². The lowest BCUT2D eigenvalue weighted by Crippen LogP contribution is -2.05. The Morgan fingerprint density at radius 1 is 1.04 bits per heavy atom. The van der Waals surface area contributed by atoms with Crippen molar-refractivity contribution in [1.29, 1.82) is 0 Å². The van der Waals surface area contributed by atoms with Gasteiger partial charge < -0.3 is 15.8 Å². The van der Waals surface area contributed by atoms with E-state index in [-0.39, 0.29) is 5.95 Å². The second-order valence-electron chi connectivity index (χ2n) is 5.42. The molecule has 134 valence electrons. The molecule has 3 N–H and O–H groups in total. The van der Waals surface area contributed by atoms with Crippen LogP contribution in [0.15, 0.2) is 54.7 Å². The number of methoxy groups -OCH3 is 1. The first kappa shape index (κ1) is 17.5. The molecule has 0 atom stereocenters. The van der Waals surface area contributed by atoms with Crippen LogP contribution in [0.25, 0.3) is 11.3 Å². The highest BCUT2D eigenvalue weighted by molar-refractivity contribution is 5.75. The minimum Gasteiger partial charge on any atom is -0.497 e. The summed E-state index contributed by atoms with van der Waals surface area (Å²) < 4.78 is 43.0. The average Bonchev–Trinajstić information content (AvgIpc) is 2.62. The largest absolute Gasteiger partial charge is 0.497 e. The summed E-state index contributed by atoms with van der Waals surface area (Å²) in [7, 11) is 1.55. The molecule has 5 nitrogen and oxygen atoms in total. The first-order valence-electron chi connectivity index (χ1n) is 7.58. The van der Waals surface area contributed by atoms with Crippen molar-refractivity contribution in [3.05, 3.63) is 60.3 Å². The number of rotatable bonds is 4. The molecule has 0 aliphatic heterocycles. The third kappa shape index (κ3) is 3.85. The Balaban J connectivity index is 1.86. The van der Waals surface area contributed by atoms with E-state index in [2.05, 4.69) is 15.3 Å². The Labute approximate surface area is 147 Å². The van der Waals surface area contributed by atoms with Crippen molar-refractivity contribution in [3.8, 4) is 17.0 Å². The molecule has 0 unspecified atom stereocenters. The van der Waals surface area contributed by atoms with Gasteiger partial charge in [-0.15, -0.1) is 0 Å². The van der Waals surface area contributed by atoms with E-state index in [1.807, 2.05) is 0 Å². The van der Waals surface area contributed by atoms with E-state index in [0.717, 1.165) is 12.1 Å². The molecule has 0 amide bonds. The molecule has 0 saturated carbocycles. The molecule has 0 aliphatic carbocycles. The van der Waals surface area contributed by atoms with Crippen LogP contribution in [-0.4, -0.2) is 17.1 Å². The van der Waals surface area contributed by atoms with Crippen LogP contribution in [0.4, 0.5) is 30.5 Å². The minimum absolute atomic E-state index is 0.240. The SMILES string of the molecule is COc1ccc(N)c(-c2ccnc(Nc3ccc(C(F)(F)F)cc3)n2)c1. The molecule has 3 rings (SSSR count). The third-order valence-electron chi connectivity index (χ3n) is 3.66. The Morgan fingerprint density at radius 3 is 2.42 bits per heavy atom. The number of alkyl halides is 3. The number of nitrogens with one attached hydrogen (secondary N) is 1. The summed E-state index contributed by atoms with van der Waals surface area (Å²) in [5, 5.41) is 2.88. The molecule has 26 heavy (non-hydrogen) atoms. The van der Waals surface area contributed by atoms with Crippen LogP contribution in [0.1, 0.15) is 5.56 Å². The molecule has 1 heterocycles. The molecule has 1 aromatic heterocycles. The number of halogens is 3. The van der Waals surface area contributed by atoms with E-state index < -0.39 is 11.7 Å². The molecular weight excluding hydrogens is 345 g/mol. The van der Waals surface area contributed by atoms with Crippen molar-refractivity contribution in [2.75, 3.05) is 18.2 Å². The van der Waals surface area contributed by atoms with Crippen LogP contribution < -0.4 is 15.8 Å². The molecular formula is C18H15F3N4O. The van der Waals surface area contributed by atoms with Crippen LogP contribution in [-0.2, 0) is 6.18 Å². The van der Waals surface area contributed by atoms with Gasteiger partial charge in [0.05, 0.1) is 18.4 Å². The number of nitrogens with two attached hydrogens (primary N) is 1. The lowest BCUT2D eigenvalue weighted by molar-refractivity contribution is -0.137. The number of nitrogens with zero attached hydrogens (tertiary/aromatic N) is 2. The van der Waals surface area contributed by atoms with Gasteiger partial charge in [-0.2, -0.15) is 13.2 Å². The molecule has 0 spiro atoms. The van der Waals surface area contributed by atoms with Crippen molar-refractivity contribution in [3.63, 3.8) is 0 Å². The number of aromatic nitrogens is 2. The Hall–Kier alpha value is -3.29. The van der Waals surface area contributed by atoms with Gasteiger partial charge in [0, 0.05) is 23.1 Å². The van der Waals surface area contributed by atoms with Crippen LogP contribution in [0.5, 0.6) is 5.75 Å². The van der Waals surface area contributed by atoms with E-state index in [9.17, 15) is 13.2 Å². The first-order chi connectivity index (χ1) is 12.4. The molecule has 8 heteroatoms. The van der Waals surface area contributed by atoms with Gasteiger partial charge in [-0.25, -0.2) is 9.97 Å². The monoisotopic (exact) mass is 360 g/mol. The number of nitrogen functional groups attached to an aromatic ring is 1. The summed E-state index contributed by atoms with van der Waals surface area (Å²) in [5.74, 6) is 0.870. The summed E-state index contributed by atoms with van der Waals surface area (Å²) in [4.78, 5) is 8.45. The van der Waals surface area contributed by atoms with Gasteiger partial charge in [-0.1, -0.05) is 0 Å². The second kappa shape index (κ2) is 6.91. The highest BCUT2D eigenvalue weighted by Gasteiger charge is 2.29. The van der Waals surface area contributed by atoms with E-state index in [0.29, 0.717) is 28.4 Å². The van der Waals surface area contributed by atoms with E-state index in [1.54, 1.807) is 31.4 Å². The second-order valence-corrected chi connectivity index (χ2v) is 5.42. The van der Waals surface area contributed by atoms with Crippen LogP contribution in [0.3, 0.4) is 0 Å². The Morgan fingerprint density at radius 2 is 1.77 bits per heavy atom. The smallest absolute Gasteiger partial charge is 0.416 e. The van der Waals surface area contributed by atoms with Crippen molar-refractivity contribution in [1.82, 2.24) is 9.97 Å². The maximum atomic E-state index is 12.6. The fourth-order valence-electron chi connectivity index (χ4n) is 2.32. The highest BCUT2D eigenvalue weighted by Crippen LogP contribution is 2.31. The first-order valence-corrected chi connectivity index (χ1v) is 7.58. The highest BCUT2D eigenvalue weighted by atomic mass is 19.4. The normalized spacial score (nSPS) is 11.2. The molecule has 0 bridgehead atoms. The number of hydrogen-bond donors (Lipinski definition) is 2. The van der Waals surface area contributed by atoms with Gasteiger partial charge in [0.15, 0.2) is 0 Å². The van der Waals surface area contributed by atoms with Gasteiger partial charge in [0.25, 0.3) is 0 Å². The molecule has 0 radical (unpaired) electrons. The lowest BCUT2D eigenvalue weighted by Gasteiger charge is -2.11. The van der Waals surface area contributed by atoms with Crippen LogP contribution >= 0.6 is 0 Å². The van der Waals surface area contributed by atoms with Gasteiger partial charge >= 0.3 is 6.18 Å². The van der Waals surface area contributed by atoms with Crippen molar-refractivity contribution >= 4 is 17.3 Å². The summed E-state index contributed by atoms with van der Waals surface area (Å²) in [5.41, 5.74) is 7.46. The Bertz CT molecular complexity index is 911. The number of hydrogen-bond acceptors (Lipinski definition) is 5. The average molecular weight is 360 g/mol. The fraction of sp³-hybridized carbons (Fsp3) is 0.111. The summed E-state index contributed by atoms with van der Waals surface area (Å²) in [6.45, 7) is 0. The molecule has 2 aromatic carbocycles. The molecule has 0 saturated heterocycles. The quantitative estimate of drug-likeness (QED) is 0.671. The van der Waals surface area contributed by atoms with E-state index >= 15 is 0 Å². The fourth-order valence-corrected chi connectivity index (χ4v) is 2.32. The lowest BCUT2D eigenvalue weighted by atomic mass is 10.1. The minimum atomic E-state index is -4.38. The zero-order chi connectivity index (χ0) is 18.7. The standard InChI is InChI=1S/C18H15F3N4O/c1-26-13-6-7-15(22)14(10-13)16-8-9-23-17(25-16)24-12-4-2-11(3-5-12)18(19,20)21/h2-10H,22H2,1H3,(H,23,24,25). The van der Waals surface area contributed by atoms with Crippen molar-refractivity contribution in [2.24, 2.45) is 0 Å². The van der Waals surface area contributed by atoms with Gasteiger partial charge in [-0.3, -0.25) is 0 Å². The molecule has 0 fully saturated rings. The van der Waals surface area contributed by atoms with Crippen LogP contribution in [0, 0.1) is 0 Å². The van der Waals surface area contributed by atoms with Crippen LogP contribution in [0.2, 0.25) is 0 Å². The third-order valence-corrected chi connectivity index (χ3v) is 3.66. The number of ether oxygens (including phenoxy) is 1. The summed E-state index contributed by atoms with van der Waals surface area (Å²) in [6.07, 6.45) is -2.84. The summed E-state index contributed by atoms with van der Waals surface area (Å²) in [6, 6.07) is 11.5. The maximum Gasteiger partial charge on any atom is 0.416 e.